The van der Waals surface area contributed by atoms with Crippen LogP contribution in [0.25, 0.3) is 0 Å². The molecule has 0 spiro atoms. The average Bonchev–Trinajstić information content (AvgIpc) is 2.52. The number of carbonyl (C=O) groups is 2. The van der Waals surface area contributed by atoms with Crippen LogP contribution < -0.4 is 10.9 Å². The number of esters is 1. The van der Waals surface area contributed by atoms with Gasteiger partial charge in [-0.1, -0.05) is 12.1 Å². The van der Waals surface area contributed by atoms with Crippen molar-refractivity contribution in [1.82, 2.24) is 10.3 Å². The molecule has 0 aliphatic carbocycles. The van der Waals surface area contributed by atoms with Crippen LogP contribution in [0.5, 0.6) is 0 Å². The molecule has 0 saturated carbocycles. The molecule has 1 aromatic carbocycles. The van der Waals surface area contributed by atoms with E-state index in [2.05, 4.69) is 10.3 Å². The normalized spacial score (nSPS) is 10.0. The van der Waals surface area contributed by atoms with E-state index in [9.17, 15) is 18.8 Å². The Bertz CT molecular complexity index is 725. The van der Waals surface area contributed by atoms with Crippen molar-refractivity contribution in [2.45, 2.75) is 6.54 Å². The van der Waals surface area contributed by atoms with Crippen LogP contribution in [0.3, 0.4) is 0 Å². The fourth-order valence-corrected chi connectivity index (χ4v) is 1.65. The molecule has 1 aromatic heterocycles. The summed E-state index contributed by atoms with van der Waals surface area (Å²) in [5, 5.41) is 2.52. The fraction of sp³-hybridized carbons (Fsp3) is 0.133. The second-order valence-corrected chi connectivity index (χ2v) is 4.39. The summed E-state index contributed by atoms with van der Waals surface area (Å²) < 4.78 is 17.5. The smallest absolute Gasteiger partial charge is 0.344 e. The van der Waals surface area contributed by atoms with Gasteiger partial charge in [-0.25, -0.2) is 9.18 Å². The van der Waals surface area contributed by atoms with E-state index in [1.54, 1.807) is 0 Å². The number of aromatic nitrogens is 1. The summed E-state index contributed by atoms with van der Waals surface area (Å²) in [6.45, 7) is -0.322. The van der Waals surface area contributed by atoms with Gasteiger partial charge in [0, 0.05) is 12.7 Å². The van der Waals surface area contributed by atoms with Crippen LogP contribution in [0.15, 0.2) is 47.4 Å². The van der Waals surface area contributed by atoms with Crippen LogP contribution in [0.2, 0.25) is 0 Å². The SMILES string of the molecule is O=C(COC(=O)c1ccc[nH]c1=O)NCc1ccc(F)cc1. The highest BCUT2D eigenvalue weighted by Crippen LogP contribution is 2.02. The third-order valence-corrected chi connectivity index (χ3v) is 2.78. The van der Waals surface area contributed by atoms with E-state index in [-0.39, 0.29) is 17.9 Å². The molecule has 0 aliphatic rings. The van der Waals surface area contributed by atoms with Crippen LogP contribution in [-0.4, -0.2) is 23.5 Å². The van der Waals surface area contributed by atoms with Crippen LogP contribution in [0.1, 0.15) is 15.9 Å². The number of benzene rings is 1. The summed E-state index contributed by atoms with van der Waals surface area (Å²) in [6, 6.07) is 8.41. The molecule has 7 heteroatoms. The minimum absolute atomic E-state index is 0.172. The van der Waals surface area contributed by atoms with Gasteiger partial charge in [0.05, 0.1) is 0 Å². The zero-order chi connectivity index (χ0) is 15.9. The quantitative estimate of drug-likeness (QED) is 0.806. The highest BCUT2D eigenvalue weighted by Gasteiger charge is 2.13. The molecule has 0 fully saturated rings. The number of ether oxygens (including phenoxy) is 1. The maximum atomic E-state index is 12.7. The molecule has 0 bridgehead atoms. The Labute approximate surface area is 124 Å². The van der Waals surface area contributed by atoms with E-state index in [1.165, 1.54) is 42.6 Å². The van der Waals surface area contributed by atoms with Crippen molar-refractivity contribution in [2.75, 3.05) is 6.61 Å². The van der Waals surface area contributed by atoms with Crippen molar-refractivity contribution < 1.29 is 18.7 Å². The van der Waals surface area contributed by atoms with Gasteiger partial charge in [-0.05, 0) is 29.8 Å². The van der Waals surface area contributed by atoms with Gasteiger partial charge in [0.1, 0.15) is 11.4 Å². The molecule has 1 heterocycles. The molecule has 0 saturated heterocycles. The number of pyridine rings is 1. The maximum absolute atomic E-state index is 12.7. The lowest BCUT2D eigenvalue weighted by molar-refractivity contribution is -0.124. The molecule has 0 radical (unpaired) electrons. The summed E-state index contributed by atoms with van der Waals surface area (Å²) >= 11 is 0. The molecule has 114 valence electrons. The Kier molecular flexibility index (Phi) is 5.02. The van der Waals surface area contributed by atoms with E-state index >= 15 is 0 Å². The summed E-state index contributed by atoms with van der Waals surface area (Å²) in [5.41, 5.74) is -0.0476. The van der Waals surface area contributed by atoms with Gasteiger partial charge in [0.2, 0.25) is 0 Å². The number of hydrogen-bond acceptors (Lipinski definition) is 4. The lowest BCUT2D eigenvalue weighted by Gasteiger charge is -2.06. The Balaban J connectivity index is 1.80. The van der Waals surface area contributed by atoms with E-state index < -0.39 is 24.0 Å². The Hall–Kier alpha value is -2.96. The lowest BCUT2D eigenvalue weighted by atomic mass is 10.2. The Morgan fingerprint density at radius 3 is 2.59 bits per heavy atom. The lowest BCUT2D eigenvalue weighted by Crippen LogP contribution is -2.29. The van der Waals surface area contributed by atoms with Crippen molar-refractivity contribution in [3.63, 3.8) is 0 Å². The number of hydrogen-bond donors (Lipinski definition) is 2. The van der Waals surface area contributed by atoms with Gasteiger partial charge in [0.25, 0.3) is 11.5 Å². The standard InChI is InChI=1S/C15H13FN2O4/c16-11-5-3-10(4-6-11)8-18-13(19)9-22-15(21)12-2-1-7-17-14(12)20/h1-7H,8-9H2,(H,17,20)(H,18,19). The number of aromatic amines is 1. The molecule has 0 atom stereocenters. The Morgan fingerprint density at radius 2 is 1.91 bits per heavy atom. The molecule has 0 unspecified atom stereocenters. The first-order chi connectivity index (χ1) is 10.6. The van der Waals surface area contributed by atoms with Crippen molar-refractivity contribution in [1.29, 1.82) is 0 Å². The number of rotatable bonds is 5. The average molecular weight is 304 g/mol. The monoisotopic (exact) mass is 304 g/mol. The maximum Gasteiger partial charge on any atom is 0.344 e. The van der Waals surface area contributed by atoms with Crippen LogP contribution in [0.4, 0.5) is 4.39 Å². The molecular weight excluding hydrogens is 291 g/mol. The third-order valence-electron chi connectivity index (χ3n) is 2.78. The number of halogens is 1. The fourth-order valence-electron chi connectivity index (χ4n) is 1.65. The molecule has 2 N–H and O–H groups in total. The largest absolute Gasteiger partial charge is 0.452 e. The molecule has 1 amide bonds. The highest BCUT2D eigenvalue weighted by atomic mass is 19.1. The van der Waals surface area contributed by atoms with Gasteiger partial charge in [0.15, 0.2) is 6.61 Å². The summed E-state index contributed by atoms with van der Waals surface area (Å²) in [6.07, 6.45) is 1.38. The van der Waals surface area contributed by atoms with E-state index in [0.29, 0.717) is 5.56 Å². The molecule has 0 aliphatic heterocycles. The minimum Gasteiger partial charge on any atom is -0.452 e. The molecule has 2 rings (SSSR count). The van der Waals surface area contributed by atoms with Crippen molar-refractivity contribution in [3.05, 3.63) is 69.9 Å². The molecular formula is C15H13FN2O4. The van der Waals surface area contributed by atoms with Gasteiger partial charge >= 0.3 is 5.97 Å². The second kappa shape index (κ2) is 7.16. The highest BCUT2D eigenvalue weighted by molar-refractivity contribution is 5.90. The predicted octanol–water partition coefficient (Wildman–Crippen LogP) is 0.987. The summed E-state index contributed by atoms with van der Waals surface area (Å²) in [5.74, 6) is -1.76. The van der Waals surface area contributed by atoms with Gasteiger partial charge in [-0.2, -0.15) is 0 Å². The van der Waals surface area contributed by atoms with Crippen molar-refractivity contribution in [3.8, 4) is 0 Å². The van der Waals surface area contributed by atoms with Crippen molar-refractivity contribution >= 4 is 11.9 Å². The zero-order valence-corrected chi connectivity index (χ0v) is 11.5. The van der Waals surface area contributed by atoms with E-state index in [4.69, 9.17) is 4.74 Å². The second-order valence-electron chi connectivity index (χ2n) is 4.39. The van der Waals surface area contributed by atoms with Crippen LogP contribution in [0, 0.1) is 5.82 Å². The van der Waals surface area contributed by atoms with Crippen LogP contribution in [-0.2, 0) is 16.1 Å². The number of H-pyrrole nitrogens is 1. The first-order valence-electron chi connectivity index (χ1n) is 6.42. The zero-order valence-electron chi connectivity index (χ0n) is 11.5. The van der Waals surface area contributed by atoms with Crippen molar-refractivity contribution in [2.24, 2.45) is 0 Å². The minimum atomic E-state index is -0.876. The predicted molar refractivity (Wildman–Crippen MR) is 75.6 cm³/mol. The molecule has 6 nitrogen and oxygen atoms in total. The van der Waals surface area contributed by atoms with Gasteiger partial charge in [-0.15, -0.1) is 0 Å². The number of nitrogens with one attached hydrogen (secondary N) is 2. The third kappa shape index (κ3) is 4.27. The summed E-state index contributed by atoms with van der Waals surface area (Å²) in [7, 11) is 0. The Morgan fingerprint density at radius 1 is 1.18 bits per heavy atom. The first kappa shape index (κ1) is 15.4. The van der Waals surface area contributed by atoms with E-state index in [0.717, 1.165) is 0 Å². The first-order valence-corrected chi connectivity index (χ1v) is 6.42. The van der Waals surface area contributed by atoms with Gasteiger partial charge in [-0.3, -0.25) is 9.59 Å². The van der Waals surface area contributed by atoms with Gasteiger partial charge < -0.3 is 15.0 Å². The molecule has 2 aromatic rings. The van der Waals surface area contributed by atoms with E-state index in [1.807, 2.05) is 0 Å². The van der Waals surface area contributed by atoms with Crippen LogP contribution >= 0.6 is 0 Å². The number of amides is 1. The summed E-state index contributed by atoms with van der Waals surface area (Å²) in [4.78, 5) is 36.9. The molecule has 22 heavy (non-hydrogen) atoms. The number of carbonyl (C=O) groups excluding carboxylic acids is 2. The topological polar surface area (TPSA) is 88.3 Å².